The Morgan fingerprint density at radius 3 is 2.67 bits per heavy atom. The second-order valence-electron chi connectivity index (χ2n) is 4.50. The van der Waals surface area contributed by atoms with Crippen LogP contribution in [0.5, 0.6) is 0 Å². The standard InChI is InChI=1S/C12H25NO2/c1-11(2)13-7-3-4-8-15-12-5-9-14-10-6-12/h11-13H,3-10H2,1-2H3. The SMILES string of the molecule is CC(C)NCCCCOC1CCOCC1. The van der Waals surface area contributed by atoms with Gasteiger partial charge in [-0.05, 0) is 32.2 Å². The predicted octanol–water partition coefficient (Wildman–Crippen LogP) is 1.96. The molecule has 0 atom stereocenters. The van der Waals surface area contributed by atoms with E-state index in [0.717, 1.165) is 45.6 Å². The molecular weight excluding hydrogens is 190 g/mol. The van der Waals surface area contributed by atoms with E-state index in [4.69, 9.17) is 9.47 Å². The molecule has 0 saturated carbocycles. The van der Waals surface area contributed by atoms with Crippen molar-refractivity contribution in [1.82, 2.24) is 5.32 Å². The van der Waals surface area contributed by atoms with E-state index in [1.54, 1.807) is 0 Å². The fraction of sp³-hybridized carbons (Fsp3) is 1.00. The molecule has 90 valence electrons. The zero-order chi connectivity index (χ0) is 10.9. The van der Waals surface area contributed by atoms with Gasteiger partial charge in [-0.3, -0.25) is 0 Å². The third-order valence-corrected chi connectivity index (χ3v) is 2.65. The van der Waals surface area contributed by atoms with Gasteiger partial charge in [0.05, 0.1) is 6.10 Å². The van der Waals surface area contributed by atoms with Gasteiger partial charge in [-0.15, -0.1) is 0 Å². The van der Waals surface area contributed by atoms with Crippen molar-refractivity contribution >= 4 is 0 Å². The topological polar surface area (TPSA) is 30.5 Å². The quantitative estimate of drug-likeness (QED) is 0.659. The van der Waals surface area contributed by atoms with Gasteiger partial charge in [0.1, 0.15) is 0 Å². The molecule has 0 spiro atoms. The molecular formula is C12H25NO2. The lowest BCUT2D eigenvalue weighted by Gasteiger charge is -2.22. The van der Waals surface area contributed by atoms with E-state index < -0.39 is 0 Å². The second kappa shape index (κ2) is 8.08. The van der Waals surface area contributed by atoms with Crippen LogP contribution in [0.3, 0.4) is 0 Å². The molecule has 0 aliphatic carbocycles. The minimum Gasteiger partial charge on any atom is -0.381 e. The molecule has 1 saturated heterocycles. The lowest BCUT2D eigenvalue weighted by molar-refractivity contribution is -0.0326. The van der Waals surface area contributed by atoms with Crippen LogP contribution in [0, 0.1) is 0 Å². The van der Waals surface area contributed by atoms with Gasteiger partial charge in [-0.25, -0.2) is 0 Å². The van der Waals surface area contributed by atoms with E-state index in [0.29, 0.717) is 12.1 Å². The molecule has 0 aromatic carbocycles. The van der Waals surface area contributed by atoms with Gasteiger partial charge in [0, 0.05) is 25.9 Å². The van der Waals surface area contributed by atoms with Crippen molar-refractivity contribution in [3.8, 4) is 0 Å². The van der Waals surface area contributed by atoms with Crippen LogP contribution in [0.1, 0.15) is 39.5 Å². The van der Waals surface area contributed by atoms with Gasteiger partial charge in [-0.1, -0.05) is 13.8 Å². The van der Waals surface area contributed by atoms with Crippen LogP contribution in [0.25, 0.3) is 0 Å². The maximum absolute atomic E-state index is 5.78. The highest BCUT2D eigenvalue weighted by Gasteiger charge is 2.13. The Labute approximate surface area is 93.5 Å². The van der Waals surface area contributed by atoms with Crippen LogP contribution in [0.2, 0.25) is 0 Å². The van der Waals surface area contributed by atoms with Gasteiger partial charge in [0.25, 0.3) is 0 Å². The van der Waals surface area contributed by atoms with Crippen LogP contribution >= 0.6 is 0 Å². The highest BCUT2D eigenvalue weighted by molar-refractivity contribution is 4.62. The molecule has 0 bridgehead atoms. The largest absolute Gasteiger partial charge is 0.381 e. The Morgan fingerprint density at radius 2 is 2.00 bits per heavy atom. The van der Waals surface area contributed by atoms with E-state index in [2.05, 4.69) is 19.2 Å². The average molecular weight is 215 g/mol. The maximum atomic E-state index is 5.78. The molecule has 1 aliphatic heterocycles. The molecule has 15 heavy (non-hydrogen) atoms. The maximum Gasteiger partial charge on any atom is 0.0619 e. The summed E-state index contributed by atoms with van der Waals surface area (Å²) in [5.41, 5.74) is 0. The molecule has 1 heterocycles. The molecule has 3 nitrogen and oxygen atoms in total. The van der Waals surface area contributed by atoms with E-state index in [1.807, 2.05) is 0 Å². The monoisotopic (exact) mass is 215 g/mol. The molecule has 0 amide bonds. The molecule has 1 rings (SSSR count). The summed E-state index contributed by atoms with van der Waals surface area (Å²) in [5.74, 6) is 0. The third-order valence-electron chi connectivity index (χ3n) is 2.65. The first kappa shape index (κ1) is 12.9. The van der Waals surface area contributed by atoms with E-state index >= 15 is 0 Å². The normalized spacial score (nSPS) is 18.6. The lowest BCUT2D eigenvalue weighted by Crippen LogP contribution is -2.25. The first-order chi connectivity index (χ1) is 7.29. The zero-order valence-corrected chi connectivity index (χ0v) is 10.1. The minimum atomic E-state index is 0.455. The van der Waals surface area contributed by atoms with Crippen LogP contribution in [-0.2, 0) is 9.47 Å². The third kappa shape index (κ3) is 6.88. The Kier molecular flexibility index (Phi) is 6.98. The zero-order valence-electron chi connectivity index (χ0n) is 10.1. The second-order valence-corrected chi connectivity index (χ2v) is 4.50. The van der Waals surface area contributed by atoms with E-state index in [9.17, 15) is 0 Å². The smallest absolute Gasteiger partial charge is 0.0619 e. The summed E-state index contributed by atoms with van der Waals surface area (Å²) in [4.78, 5) is 0. The molecule has 0 unspecified atom stereocenters. The van der Waals surface area contributed by atoms with Crippen molar-refractivity contribution in [3.05, 3.63) is 0 Å². The van der Waals surface area contributed by atoms with Crippen LogP contribution in [0.4, 0.5) is 0 Å². The number of rotatable bonds is 7. The average Bonchev–Trinajstić information content (AvgIpc) is 2.24. The summed E-state index contributed by atoms with van der Waals surface area (Å²) >= 11 is 0. The Bertz CT molecular complexity index is 145. The van der Waals surface area contributed by atoms with Crippen LogP contribution in [-0.4, -0.2) is 38.5 Å². The first-order valence-corrected chi connectivity index (χ1v) is 6.22. The van der Waals surface area contributed by atoms with Gasteiger partial charge >= 0.3 is 0 Å². The van der Waals surface area contributed by atoms with Gasteiger partial charge in [0.2, 0.25) is 0 Å². The molecule has 0 aromatic rings. The van der Waals surface area contributed by atoms with Gasteiger partial charge in [0.15, 0.2) is 0 Å². The molecule has 1 N–H and O–H groups in total. The number of unbranched alkanes of at least 4 members (excludes halogenated alkanes) is 1. The van der Waals surface area contributed by atoms with Gasteiger partial charge in [-0.2, -0.15) is 0 Å². The van der Waals surface area contributed by atoms with E-state index in [1.165, 1.54) is 6.42 Å². The summed E-state index contributed by atoms with van der Waals surface area (Å²) in [6.45, 7) is 8.12. The number of ether oxygens (including phenoxy) is 2. The Balaban J connectivity index is 1.83. The number of hydrogen-bond donors (Lipinski definition) is 1. The highest BCUT2D eigenvalue weighted by atomic mass is 16.5. The minimum absolute atomic E-state index is 0.455. The number of hydrogen-bond acceptors (Lipinski definition) is 3. The van der Waals surface area contributed by atoms with Crippen LogP contribution < -0.4 is 5.32 Å². The fourth-order valence-electron chi connectivity index (χ4n) is 1.71. The molecule has 1 aliphatic rings. The van der Waals surface area contributed by atoms with Crippen molar-refractivity contribution < 1.29 is 9.47 Å². The highest BCUT2D eigenvalue weighted by Crippen LogP contribution is 2.10. The lowest BCUT2D eigenvalue weighted by atomic mass is 10.1. The van der Waals surface area contributed by atoms with Crippen molar-refractivity contribution in [2.24, 2.45) is 0 Å². The predicted molar refractivity (Wildman–Crippen MR) is 62.2 cm³/mol. The molecule has 3 heteroatoms. The van der Waals surface area contributed by atoms with Gasteiger partial charge < -0.3 is 14.8 Å². The van der Waals surface area contributed by atoms with Crippen molar-refractivity contribution in [2.75, 3.05) is 26.4 Å². The summed E-state index contributed by atoms with van der Waals surface area (Å²) < 4.78 is 11.1. The van der Waals surface area contributed by atoms with Crippen molar-refractivity contribution in [2.45, 2.75) is 51.7 Å². The van der Waals surface area contributed by atoms with Crippen molar-refractivity contribution in [1.29, 1.82) is 0 Å². The molecule has 0 radical (unpaired) electrons. The molecule has 0 aromatic heterocycles. The Hall–Kier alpha value is -0.120. The van der Waals surface area contributed by atoms with Crippen LogP contribution in [0.15, 0.2) is 0 Å². The fourth-order valence-corrected chi connectivity index (χ4v) is 1.71. The van der Waals surface area contributed by atoms with E-state index in [-0.39, 0.29) is 0 Å². The summed E-state index contributed by atoms with van der Waals surface area (Å²) in [5, 5.41) is 3.41. The summed E-state index contributed by atoms with van der Waals surface area (Å²) in [6, 6.07) is 0.599. The summed E-state index contributed by atoms with van der Waals surface area (Å²) in [6.07, 6.45) is 4.98. The summed E-state index contributed by atoms with van der Waals surface area (Å²) in [7, 11) is 0. The first-order valence-electron chi connectivity index (χ1n) is 6.22. The number of nitrogens with one attached hydrogen (secondary N) is 1. The molecule has 1 fully saturated rings. The Morgan fingerprint density at radius 1 is 1.27 bits per heavy atom. The van der Waals surface area contributed by atoms with Crippen molar-refractivity contribution in [3.63, 3.8) is 0 Å².